The monoisotopic (exact) mass is 302 g/mol. The van der Waals surface area contributed by atoms with Gasteiger partial charge in [0.25, 0.3) is 0 Å². The SMILES string of the molecule is C=C(C(=O)OC)C(CO)c1ccc(OCC)c(Cl)c1F. The molecule has 0 aromatic heterocycles. The van der Waals surface area contributed by atoms with Gasteiger partial charge in [-0.1, -0.05) is 24.2 Å². The smallest absolute Gasteiger partial charge is 0.333 e. The Hall–Kier alpha value is -1.59. The van der Waals surface area contributed by atoms with E-state index in [1.165, 1.54) is 19.2 Å². The van der Waals surface area contributed by atoms with E-state index in [4.69, 9.17) is 16.3 Å². The van der Waals surface area contributed by atoms with Gasteiger partial charge in [0.1, 0.15) is 16.6 Å². The number of carbonyl (C=O) groups excluding carboxylic acids is 1. The van der Waals surface area contributed by atoms with Crippen LogP contribution in [0.2, 0.25) is 5.02 Å². The van der Waals surface area contributed by atoms with E-state index >= 15 is 0 Å². The predicted molar refractivity (Wildman–Crippen MR) is 73.6 cm³/mol. The lowest BCUT2D eigenvalue weighted by Crippen LogP contribution is -2.17. The van der Waals surface area contributed by atoms with Crippen LogP contribution in [0.15, 0.2) is 24.3 Å². The second-order valence-electron chi connectivity index (χ2n) is 3.97. The van der Waals surface area contributed by atoms with Gasteiger partial charge in [0.2, 0.25) is 0 Å². The van der Waals surface area contributed by atoms with E-state index < -0.39 is 24.3 Å². The first-order chi connectivity index (χ1) is 9.47. The van der Waals surface area contributed by atoms with Gasteiger partial charge in [0.15, 0.2) is 0 Å². The summed E-state index contributed by atoms with van der Waals surface area (Å²) < 4.78 is 23.9. The van der Waals surface area contributed by atoms with Gasteiger partial charge < -0.3 is 14.6 Å². The zero-order valence-corrected chi connectivity index (χ0v) is 12.0. The van der Waals surface area contributed by atoms with Crippen molar-refractivity contribution in [1.82, 2.24) is 0 Å². The molecule has 1 atom stereocenters. The van der Waals surface area contributed by atoms with Crippen LogP contribution in [-0.4, -0.2) is 31.4 Å². The average molecular weight is 303 g/mol. The molecule has 1 rings (SSSR count). The Balaban J connectivity index is 3.20. The molecular weight excluding hydrogens is 287 g/mol. The highest BCUT2D eigenvalue weighted by Gasteiger charge is 2.25. The number of rotatable bonds is 6. The number of hydrogen-bond donors (Lipinski definition) is 1. The third-order valence-electron chi connectivity index (χ3n) is 2.80. The number of aliphatic hydroxyl groups is 1. The van der Waals surface area contributed by atoms with Crippen molar-refractivity contribution in [1.29, 1.82) is 0 Å². The number of benzene rings is 1. The highest BCUT2D eigenvalue weighted by atomic mass is 35.5. The molecule has 0 radical (unpaired) electrons. The Labute approximate surface area is 121 Å². The molecule has 6 heteroatoms. The molecule has 1 unspecified atom stereocenters. The molecule has 0 aliphatic carbocycles. The second kappa shape index (κ2) is 7.26. The summed E-state index contributed by atoms with van der Waals surface area (Å²) in [5, 5.41) is 9.18. The van der Waals surface area contributed by atoms with Gasteiger partial charge in [0, 0.05) is 11.5 Å². The number of aliphatic hydroxyl groups excluding tert-OH is 1. The van der Waals surface area contributed by atoms with Crippen LogP contribution in [0.3, 0.4) is 0 Å². The summed E-state index contributed by atoms with van der Waals surface area (Å²) in [7, 11) is 1.18. The van der Waals surface area contributed by atoms with Crippen LogP contribution < -0.4 is 4.74 Å². The summed E-state index contributed by atoms with van der Waals surface area (Å²) >= 11 is 5.87. The van der Waals surface area contributed by atoms with Crippen molar-refractivity contribution in [2.45, 2.75) is 12.8 Å². The van der Waals surface area contributed by atoms with Gasteiger partial charge in [0.05, 0.1) is 20.3 Å². The minimum atomic E-state index is -0.921. The summed E-state index contributed by atoms with van der Waals surface area (Å²) in [6.45, 7) is 5.13. The molecule has 1 aromatic rings. The molecule has 0 saturated carbocycles. The molecule has 0 heterocycles. The van der Waals surface area contributed by atoms with Crippen molar-refractivity contribution in [3.63, 3.8) is 0 Å². The zero-order valence-electron chi connectivity index (χ0n) is 11.3. The summed E-state index contributed by atoms with van der Waals surface area (Å²) in [4.78, 5) is 11.4. The van der Waals surface area contributed by atoms with E-state index in [1.54, 1.807) is 6.92 Å². The predicted octanol–water partition coefficient (Wildman–Crippen LogP) is 2.68. The van der Waals surface area contributed by atoms with Crippen molar-refractivity contribution in [2.75, 3.05) is 20.3 Å². The van der Waals surface area contributed by atoms with Crippen molar-refractivity contribution < 1.29 is 23.8 Å². The van der Waals surface area contributed by atoms with Crippen LogP contribution in [0.1, 0.15) is 18.4 Å². The highest BCUT2D eigenvalue weighted by molar-refractivity contribution is 6.32. The van der Waals surface area contributed by atoms with Gasteiger partial charge in [-0.3, -0.25) is 0 Å². The minimum Gasteiger partial charge on any atom is -0.492 e. The molecule has 0 spiro atoms. The summed E-state index contributed by atoms with van der Waals surface area (Å²) in [5.74, 6) is -2.18. The van der Waals surface area contributed by atoms with E-state index in [1.807, 2.05) is 0 Å². The van der Waals surface area contributed by atoms with Crippen LogP contribution in [-0.2, 0) is 9.53 Å². The fourth-order valence-electron chi connectivity index (χ4n) is 1.75. The molecule has 4 nitrogen and oxygen atoms in total. The van der Waals surface area contributed by atoms with E-state index in [9.17, 15) is 14.3 Å². The third-order valence-corrected chi connectivity index (χ3v) is 3.15. The fourth-order valence-corrected chi connectivity index (χ4v) is 1.98. The number of ether oxygens (including phenoxy) is 2. The first-order valence-corrected chi connectivity index (χ1v) is 6.34. The van der Waals surface area contributed by atoms with Gasteiger partial charge in [-0.05, 0) is 18.6 Å². The number of esters is 1. The molecule has 20 heavy (non-hydrogen) atoms. The lowest BCUT2D eigenvalue weighted by atomic mass is 9.92. The van der Waals surface area contributed by atoms with Crippen LogP contribution in [0.4, 0.5) is 4.39 Å². The zero-order chi connectivity index (χ0) is 15.3. The second-order valence-corrected chi connectivity index (χ2v) is 4.34. The summed E-state index contributed by atoms with van der Waals surface area (Å²) in [5.41, 5.74) is 0.0190. The molecule has 0 bridgehead atoms. The lowest BCUT2D eigenvalue weighted by Gasteiger charge is -2.18. The first kappa shape index (κ1) is 16.5. The Morgan fingerprint density at radius 2 is 2.20 bits per heavy atom. The number of hydrogen-bond acceptors (Lipinski definition) is 4. The topological polar surface area (TPSA) is 55.8 Å². The van der Waals surface area contributed by atoms with Gasteiger partial charge >= 0.3 is 5.97 Å². The third kappa shape index (κ3) is 3.29. The van der Waals surface area contributed by atoms with E-state index in [0.29, 0.717) is 6.61 Å². The fraction of sp³-hybridized carbons (Fsp3) is 0.357. The number of methoxy groups -OCH3 is 1. The van der Waals surface area contributed by atoms with Gasteiger partial charge in [-0.15, -0.1) is 0 Å². The molecular formula is C14H16ClFO4. The number of halogens is 2. The molecule has 0 aliphatic rings. The molecule has 0 saturated heterocycles. The van der Waals surface area contributed by atoms with Crippen molar-refractivity contribution in [2.24, 2.45) is 0 Å². The molecule has 0 fully saturated rings. The van der Waals surface area contributed by atoms with Crippen LogP contribution in [0, 0.1) is 5.82 Å². The van der Waals surface area contributed by atoms with E-state index in [-0.39, 0.29) is 21.9 Å². The van der Waals surface area contributed by atoms with Crippen LogP contribution >= 0.6 is 11.6 Å². The van der Waals surface area contributed by atoms with Crippen molar-refractivity contribution in [3.8, 4) is 5.75 Å². The summed E-state index contributed by atoms with van der Waals surface area (Å²) in [6.07, 6.45) is 0. The molecule has 0 aliphatic heterocycles. The van der Waals surface area contributed by atoms with Gasteiger partial charge in [-0.25, -0.2) is 9.18 Å². The Morgan fingerprint density at radius 1 is 1.55 bits per heavy atom. The van der Waals surface area contributed by atoms with Crippen LogP contribution in [0.5, 0.6) is 5.75 Å². The van der Waals surface area contributed by atoms with Crippen molar-refractivity contribution in [3.05, 3.63) is 40.7 Å². The Morgan fingerprint density at radius 3 is 2.70 bits per heavy atom. The molecule has 1 N–H and O–H groups in total. The van der Waals surface area contributed by atoms with E-state index in [2.05, 4.69) is 11.3 Å². The van der Waals surface area contributed by atoms with Gasteiger partial charge in [-0.2, -0.15) is 0 Å². The van der Waals surface area contributed by atoms with E-state index in [0.717, 1.165) is 0 Å². The van der Waals surface area contributed by atoms with Crippen LogP contribution in [0.25, 0.3) is 0 Å². The average Bonchev–Trinajstić information content (AvgIpc) is 2.45. The minimum absolute atomic E-state index is 0.0471. The molecule has 110 valence electrons. The Kier molecular flexibility index (Phi) is 5.98. The maximum atomic E-state index is 14.2. The quantitative estimate of drug-likeness (QED) is 0.648. The largest absolute Gasteiger partial charge is 0.492 e. The normalized spacial score (nSPS) is 11.8. The first-order valence-electron chi connectivity index (χ1n) is 5.96. The highest BCUT2D eigenvalue weighted by Crippen LogP contribution is 2.35. The summed E-state index contributed by atoms with van der Waals surface area (Å²) in [6, 6.07) is 2.89. The lowest BCUT2D eigenvalue weighted by molar-refractivity contribution is -0.136. The van der Waals surface area contributed by atoms with Crippen molar-refractivity contribution >= 4 is 17.6 Å². The maximum absolute atomic E-state index is 14.2. The molecule has 1 aromatic carbocycles. The standard InChI is InChI=1S/C14H16ClFO4/c1-4-20-11-6-5-9(13(16)12(11)15)10(7-17)8(2)14(18)19-3/h5-6,10,17H,2,4,7H2,1,3H3. The maximum Gasteiger partial charge on any atom is 0.333 e. The number of carbonyl (C=O) groups is 1. The molecule has 0 amide bonds. The Bertz CT molecular complexity index is 516.